The molecule has 0 N–H and O–H groups in total. The van der Waals surface area contributed by atoms with Crippen molar-refractivity contribution in [2.75, 3.05) is 27.0 Å². The van der Waals surface area contributed by atoms with E-state index in [1.807, 2.05) is 13.1 Å². The molecule has 1 atom stereocenters. The number of pyridine rings is 1. The highest BCUT2D eigenvalue weighted by Gasteiger charge is 2.26. The summed E-state index contributed by atoms with van der Waals surface area (Å²) in [6.07, 6.45) is 3.69. The maximum atomic E-state index is 12.7. The zero-order valence-corrected chi connectivity index (χ0v) is 18.7. The minimum atomic E-state index is -3.05. The van der Waals surface area contributed by atoms with Gasteiger partial charge >= 0.3 is 0 Å². The summed E-state index contributed by atoms with van der Waals surface area (Å²) in [5, 5.41) is 1.10. The van der Waals surface area contributed by atoms with Gasteiger partial charge in [0.1, 0.15) is 5.65 Å². The Hall–Kier alpha value is -2.18. The molecule has 1 saturated heterocycles. The molecular formula is C24H29BrN4O. The van der Waals surface area contributed by atoms with E-state index in [0.29, 0.717) is 5.92 Å². The summed E-state index contributed by atoms with van der Waals surface area (Å²) in [6, 6.07) is 11.0. The van der Waals surface area contributed by atoms with E-state index in [4.69, 9.17) is 8.22 Å². The number of carbonyl (C=O) groups excluding carboxylic acids is 1. The lowest BCUT2D eigenvalue weighted by atomic mass is 9.88. The Morgan fingerprint density at radius 1 is 1.23 bits per heavy atom. The topological polar surface area (TPSA) is 41.4 Å². The van der Waals surface area contributed by atoms with E-state index < -0.39 is 19.9 Å². The predicted molar refractivity (Wildman–Crippen MR) is 125 cm³/mol. The summed E-state index contributed by atoms with van der Waals surface area (Å²) in [5.41, 5.74) is 3.27. The lowest BCUT2D eigenvalue weighted by Crippen LogP contribution is -2.35. The highest BCUT2D eigenvalue weighted by atomic mass is 79.9. The van der Waals surface area contributed by atoms with Gasteiger partial charge in [0.05, 0.1) is 0 Å². The average molecular weight is 475 g/mol. The molecule has 158 valence electrons. The van der Waals surface area contributed by atoms with Gasteiger partial charge in [-0.05, 0) is 84.5 Å². The Morgan fingerprint density at radius 2 is 1.93 bits per heavy atom. The smallest absolute Gasteiger partial charge is 0.253 e. The number of piperidine rings is 1. The number of likely N-dealkylation sites (tertiary alicyclic amines) is 1. The molecule has 1 amide bonds. The summed E-state index contributed by atoms with van der Waals surface area (Å²) in [5.74, 6) is -0.719. The van der Waals surface area contributed by atoms with Gasteiger partial charge in [-0.3, -0.25) is 9.69 Å². The molecule has 1 aliphatic heterocycles. The SMILES string of the molecule is [2H]C([2H])([2H])N(C(=O)c1ccc(C2CCN([C@@H](C)c3cc4c(Br)ccnc4n3C)CC2)cc1)C([2H])([2H])[2H]. The van der Waals surface area contributed by atoms with Crippen LogP contribution in [0.15, 0.2) is 47.1 Å². The first-order chi connectivity index (χ1) is 16.8. The zero-order valence-electron chi connectivity index (χ0n) is 23.1. The first kappa shape index (κ1) is 14.8. The highest BCUT2D eigenvalue weighted by Crippen LogP contribution is 2.34. The summed E-state index contributed by atoms with van der Waals surface area (Å²) in [7, 11) is 2.04. The summed E-state index contributed by atoms with van der Waals surface area (Å²) in [6.45, 7) is -2.07. The minimum absolute atomic E-state index is 0.00402. The molecule has 5 nitrogen and oxygen atoms in total. The number of fused-ring (bicyclic) bond motifs is 1. The quantitative estimate of drug-likeness (QED) is 0.535. The summed E-state index contributed by atoms with van der Waals surface area (Å²) < 4.78 is 48.0. The van der Waals surface area contributed by atoms with Crippen LogP contribution in [0.5, 0.6) is 0 Å². The van der Waals surface area contributed by atoms with Crippen molar-refractivity contribution < 1.29 is 13.0 Å². The lowest BCUT2D eigenvalue weighted by Gasteiger charge is -2.36. The molecule has 0 saturated carbocycles. The third-order valence-corrected chi connectivity index (χ3v) is 6.94. The standard InChI is InChI=1S/C24H29BrN4O/c1-16(22-15-20-21(25)9-12-26-23(20)28(22)4)29-13-10-18(11-14-29)17-5-7-19(8-6-17)24(30)27(2)3/h5-9,12,15-16,18H,10-11,13-14H2,1-4H3/t16-/m0/s1/i2D3,3D3. The zero-order chi connectivity index (χ0) is 26.4. The van der Waals surface area contributed by atoms with Crippen LogP contribution < -0.4 is 0 Å². The maximum absolute atomic E-state index is 12.7. The number of benzene rings is 1. The average Bonchev–Trinajstić information content (AvgIpc) is 3.15. The number of halogens is 1. The molecule has 4 rings (SSSR count). The second kappa shape index (κ2) is 8.52. The van der Waals surface area contributed by atoms with Gasteiger partial charge in [0.25, 0.3) is 5.91 Å². The fourth-order valence-corrected chi connectivity index (χ4v) is 4.85. The van der Waals surface area contributed by atoms with Gasteiger partial charge in [0.2, 0.25) is 0 Å². The van der Waals surface area contributed by atoms with Gasteiger partial charge in [-0.1, -0.05) is 12.1 Å². The number of hydrogen-bond acceptors (Lipinski definition) is 3. The van der Waals surface area contributed by atoms with Crippen LogP contribution in [0.3, 0.4) is 0 Å². The van der Waals surface area contributed by atoms with E-state index in [1.165, 1.54) is 17.8 Å². The Balaban J connectivity index is 1.43. The molecule has 1 fully saturated rings. The molecule has 0 aliphatic carbocycles. The van der Waals surface area contributed by atoms with Gasteiger partial charge < -0.3 is 9.47 Å². The Morgan fingerprint density at radius 3 is 2.57 bits per heavy atom. The molecule has 1 aliphatic rings. The molecule has 0 spiro atoms. The monoisotopic (exact) mass is 474 g/mol. The van der Waals surface area contributed by atoms with Crippen LogP contribution in [-0.2, 0) is 7.05 Å². The van der Waals surface area contributed by atoms with Crippen LogP contribution in [0.25, 0.3) is 11.0 Å². The largest absolute Gasteiger partial charge is 0.345 e. The third-order valence-electron chi connectivity index (χ3n) is 6.25. The van der Waals surface area contributed by atoms with Crippen molar-refractivity contribution in [2.24, 2.45) is 7.05 Å². The molecule has 1 aromatic carbocycles. The van der Waals surface area contributed by atoms with E-state index in [9.17, 15) is 4.79 Å². The van der Waals surface area contributed by atoms with E-state index in [0.717, 1.165) is 47.0 Å². The molecule has 30 heavy (non-hydrogen) atoms. The fourth-order valence-electron chi connectivity index (χ4n) is 4.44. The molecular weight excluding hydrogens is 440 g/mol. The number of hydrogen-bond donors (Lipinski definition) is 0. The van der Waals surface area contributed by atoms with Crippen LogP contribution in [0.4, 0.5) is 0 Å². The van der Waals surface area contributed by atoms with Gasteiger partial charge in [-0.15, -0.1) is 0 Å². The van der Waals surface area contributed by atoms with Crippen molar-refractivity contribution in [3.63, 3.8) is 0 Å². The van der Waals surface area contributed by atoms with Crippen LogP contribution in [0.1, 0.15) is 61.6 Å². The number of aryl methyl sites for hydroxylation is 1. The van der Waals surface area contributed by atoms with Crippen LogP contribution in [0.2, 0.25) is 0 Å². The van der Waals surface area contributed by atoms with Crippen LogP contribution >= 0.6 is 15.9 Å². The minimum Gasteiger partial charge on any atom is -0.345 e. The second-order valence-corrected chi connectivity index (χ2v) is 8.76. The van der Waals surface area contributed by atoms with Crippen LogP contribution in [-0.4, -0.2) is 52.3 Å². The fraction of sp³-hybridized carbons (Fsp3) is 0.417. The van der Waals surface area contributed by atoms with Crippen molar-refractivity contribution in [2.45, 2.75) is 31.7 Å². The van der Waals surface area contributed by atoms with Crippen molar-refractivity contribution in [3.05, 3.63) is 63.9 Å². The number of carbonyl (C=O) groups is 1. The lowest BCUT2D eigenvalue weighted by molar-refractivity contribution is 0.0827. The molecule has 3 heterocycles. The molecule has 0 bridgehead atoms. The number of amides is 1. The molecule has 2 aromatic heterocycles. The van der Waals surface area contributed by atoms with Gasteiger partial charge in [0, 0.05) is 62.6 Å². The maximum Gasteiger partial charge on any atom is 0.253 e. The first-order valence-electron chi connectivity index (χ1n) is 13.1. The molecule has 0 radical (unpaired) electrons. The normalized spacial score (nSPS) is 20.5. The van der Waals surface area contributed by atoms with Crippen molar-refractivity contribution in [1.82, 2.24) is 19.4 Å². The summed E-state index contributed by atoms with van der Waals surface area (Å²) in [4.78, 5) is 19.7. The number of rotatable bonds is 4. The van der Waals surface area contributed by atoms with Crippen molar-refractivity contribution in [1.29, 1.82) is 0 Å². The van der Waals surface area contributed by atoms with Gasteiger partial charge in [-0.25, -0.2) is 4.98 Å². The van der Waals surface area contributed by atoms with Crippen molar-refractivity contribution >= 4 is 32.9 Å². The molecule has 6 heteroatoms. The first-order valence-corrected chi connectivity index (χ1v) is 10.9. The number of aromatic nitrogens is 2. The van der Waals surface area contributed by atoms with Crippen molar-refractivity contribution in [3.8, 4) is 0 Å². The van der Waals surface area contributed by atoms with E-state index in [1.54, 1.807) is 18.3 Å². The third kappa shape index (κ3) is 3.91. The Labute approximate surface area is 195 Å². The second-order valence-electron chi connectivity index (χ2n) is 7.91. The van der Waals surface area contributed by atoms with Crippen LogP contribution in [0, 0.1) is 0 Å². The Bertz CT molecular complexity index is 1230. The van der Waals surface area contributed by atoms with E-state index in [2.05, 4.69) is 43.4 Å². The van der Waals surface area contributed by atoms with Gasteiger partial charge in [0.15, 0.2) is 0 Å². The summed E-state index contributed by atoms with van der Waals surface area (Å²) >= 11 is 3.62. The van der Waals surface area contributed by atoms with E-state index >= 15 is 0 Å². The highest BCUT2D eigenvalue weighted by molar-refractivity contribution is 9.10. The molecule has 0 unspecified atom stereocenters. The van der Waals surface area contributed by atoms with E-state index in [-0.39, 0.29) is 16.5 Å². The molecule has 3 aromatic rings. The van der Waals surface area contributed by atoms with Gasteiger partial charge in [-0.2, -0.15) is 0 Å². The number of nitrogens with zero attached hydrogens (tertiary/aromatic N) is 4. The predicted octanol–water partition coefficient (Wildman–Crippen LogP) is 4.98. The Kier molecular flexibility index (Phi) is 4.19.